The number of nitrogens with one attached hydrogen (secondary N) is 2. The highest BCUT2D eigenvalue weighted by Crippen LogP contribution is 2.23. The summed E-state index contributed by atoms with van der Waals surface area (Å²) in [6.07, 6.45) is 0.923. The fourth-order valence-electron chi connectivity index (χ4n) is 3.19. The minimum Gasteiger partial charge on any atom is -0.465 e. The summed E-state index contributed by atoms with van der Waals surface area (Å²) in [7, 11) is 1.09. The molecule has 0 aliphatic carbocycles. The first-order valence-electron chi connectivity index (χ1n) is 8.90. The third-order valence-corrected chi connectivity index (χ3v) is 4.67. The van der Waals surface area contributed by atoms with Gasteiger partial charge in [0, 0.05) is 31.4 Å². The lowest BCUT2D eigenvalue weighted by Gasteiger charge is -2.18. The van der Waals surface area contributed by atoms with E-state index in [1.165, 1.54) is 0 Å². The Bertz CT molecular complexity index is 861. The third-order valence-electron chi connectivity index (χ3n) is 4.67. The summed E-state index contributed by atoms with van der Waals surface area (Å²) < 4.78 is 32.0. The zero-order valence-corrected chi connectivity index (χ0v) is 15.4. The number of para-hydroxylation sites is 1. The van der Waals surface area contributed by atoms with Crippen molar-refractivity contribution in [2.45, 2.75) is 6.42 Å². The monoisotopic (exact) mass is 389 g/mol. The number of anilines is 2. The van der Waals surface area contributed by atoms with Crippen LogP contribution in [0.3, 0.4) is 0 Å². The number of carbonyl (C=O) groups is 2. The Kier molecular flexibility index (Phi) is 6.08. The summed E-state index contributed by atoms with van der Waals surface area (Å²) in [6.45, 7) is 2.12. The zero-order chi connectivity index (χ0) is 20.1. The summed E-state index contributed by atoms with van der Waals surface area (Å²) in [6, 6.07) is 10.8. The van der Waals surface area contributed by atoms with E-state index in [1.807, 2.05) is 30.3 Å². The van der Waals surface area contributed by atoms with Crippen LogP contribution in [0, 0.1) is 17.6 Å². The summed E-state index contributed by atoms with van der Waals surface area (Å²) in [4.78, 5) is 25.9. The number of carbonyl (C=O) groups excluding carboxylic acids is 2. The van der Waals surface area contributed by atoms with Crippen molar-refractivity contribution >= 4 is 23.4 Å². The Labute approximate surface area is 161 Å². The third kappa shape index (κ3) is 4.57. The van der Waals surface area contributed by atoms with Crippen LogP contribution in [0.5, 0.6) is 0 Å². The number of benzene rings is 2. The molecule has 28 heavy (non-hydrogen) atoms. The van der Waals surface area contributed by atoms with E-state index < -0.39 is 29.2 Å². The molecule has 1 aliphatic rings. The van der Waals surface area contributed by atoms with Crippen molar-refractivity contribution in [1.82, 2.24) is 5.32 Å². The highest BCUT2D eigenvalue weighted by Gasteiger charge is 2.23. The van der Waals surface area contributed by atoms with Crippen molar-refractivity contribution in [3.63, 3.8) is 0 Å². The van der Waals surface area contributed by atoms with Crippen molar-refractivity contribution < 1.29 is 23.1 Å². The molecule has 3 rings (SSSR count). The van der Waals surface area contributed by atoms with Gasteiger partial charge in [0.2, 0.25) is 0 Å². The lowest BCUT2D eigenvalue weighted by molar-refractivity contribution is 0.0595. The number of rotatable bonds is 5. The molecule has 1 heterocycles. The van der Waals surface area contributed by atoms with Gasteiger partial charge in [-0.05, 0) is 30.5 Å². The summed E-state index contributed by atoms with van der Waals surface area (Å²) in [5, 5.41) is 5.01. The van der Waals surface area contributed by atoms with Gasteiger partial charge in [0.15, 0.2) is 0 Å². The maximum atomic E-state index is 13.9. The molecular formula is C20H21F2N3O3. The van der Waals surface area contributed by atoms with Crippen molar-refractivity contribution in [2.75, 3.05) is 37.0 Å². The number of nitrogens with zero attached hydrogens (tertiary/aromatic N) is 1. The molecule has 1 unspecified atom stereocenters. The second kappa shape index (κ2) is 8.69. The molecule has 2 N–H and O–H groups in total. The number of esters is 1. The van der Waals surface area contributed by atoms with Crippen molar-refractivity contribution in [3.8, 4) is 0 Å². The van der Waals surface area contributed by atoms with Gasteiger partial charge in [-0.1, -0.05) is 18.2 Å². The van der Waals surface area contributed by atoms with Gasteiger partial charge in [-0.2, -0.15) is 0 Å². The van der Waals surface area contributed by atoms with E-state index >= 15 is 0 Å². The lowest BCUT2D eigenvalue weighted by atomic mass is 10.1. The van der Waals surface area contributed by atoms with Gasteiger partial charge in [0.05, 0.1) is 18.4 Å². The van der Waals surface area contributed by atoms with Crippen LogP contribution in [0.2, 0.25) is 0 Å². The quantitative estimate of drug-likeness (QED) is 0.769. The van der Waals surface area contributed by atoms with E-state index in [1.54, 1.807) is 0 Å². The molecule has 2 aromatic carbocycles. The molecule has 2 amide bonds. The highest BCUT2D eigenvalue weighted by molar-refractivity contribution is 5.94. The highest BCUT2D eigenvalue weighted by atomic mass is 19.1. The molecule has 1 saturated heterocycles. The molecule has 2 aromatic rings. The van der Waals surface area contributed by atoms with Crippen molar-refractivity contribution in [3.05, 3.63) is 59.7 Å². The van der Waals surface area contributed by atoms with Gasteiger partial charge in [0.25, 0.3) is 0 Å². The largest absolute Gasteiger partial charge is 0.465 e. The molecule has 1 aliphatic heterocycles. The SMILES string of the molecule is COC(=O)c1cc(NC(=O)NCC2CCN(c3ccccc3)C2)c(F)cc1F. The number of urea groups is 1. The predicted molar refractivity (Wildman–Crippen MR) is 101 cm³/mol. The van der Waals surface area contributed by atoms with Gasteiger partial charge in [-0.15, -0.1) is 0 Å². The molecule has 0 saturated carbocycles. The molecule has 0 spiro atoms. The van der Waals surface area contributed by atoms with Crippen LogP contribution >= 0.6 is 0 Å². The first-order chi connectivity index (χ1) is 13.5. The number of ether oxygens (including phenoxy) is 1. The van der Waals surface area contributed by atoms with Crippen LogP contribution in [0.1, 0.15) is 16.8 Å². The van der Waals surface area contributed by atoms with Crippen LogP contribution in [-0.2, 0) is 4.74 Å². The molecule has 0 radical (unpaired) electrons. The van der Waals surface area contributed by atoms with Crippen LogP contribution in [-0.4, -0.2) is 38.7 Å². The maximum absolute atomic E-state index is 13.9. The first-order valence-corrected chi connectivity index (χ1v) is 8.90. The average molecular weight is 389 g/mol. The Morgan fingerprint density at radius 3 is 2.64 bits per heavy atom. The van der Waals surface area contributed by atoms with E-state index in [-0.39, 0.29) is 11.6 Å². The molecule has 0 bridgehead atoms. The van der Waals surface area contributed by atoms with E-state index in [0.29, 0.717) is 12.6 Å². The van der Waals surface area contributed by atoms with E-state index in [0.717, 1.165) is 38.4 Å². The summed E-state index contributed by atoms with van der Waals surface area (Å²) in [5.74, 6) is -2.72. The standard InChI is InChI=1S/C20H21F2N3O3/c1-28-19(26)15-9-18(17(22)10-16(15)21)24-20(27)23-11-13-7-8-25(12-13)14-5-3-2-4-6-14/h2-6,9-10,13H,7-8,11-12H2,1H3,(H2,23,24,27). The number of hydrogen-bond acceptors (Lipinski definition) is 4. The molecule has 148 valence electrons. The predicted octanol–water partition coefficient (Wildman–Crippen LogP) is 3.40. The van der Waals surface area contributed by atoms with E-state index in [4.69, 9.17) is 0 Å². The van der Waals surface area contributed by atoms with Crippen LogP contribution in [0.25, 0.3) is 0 Å². The van der Waals surface area contributed by atoms with Crippen LogP contribution in [0.4, 0.5) is 25.0 Å². The first kappa shape index (κ1) is 19.6. The second-order valence-electron chi connectivity index (χ2n) is 6.57. The minimum atomic E-state index is -1.05. The van der Waals surface area contributed by atoms with Gasteiger partial charge in [-0.25, -0.2) is 18.4 Å². The number of hydrogen-bond donors (Lipinski definition) is 2. The van der Waals surface area contributed by atoms with Gasteiger partial charge >= 0.3 is 12.0 Å². The Hall–Kier alpha value is -3.16. The number of methoxy groups -OCH3 is 1. The van der Waals surface area contributed by atoms with Crippen LogP contribution < -0.4 is 15.5 Å². The minimum absolute atomic E-state index is 0.259. The lowest BCUT2D eigenvalue weighted by Crippen LogP contribution is -2.34. The van der Waals surface area contributed by atoms with Crippen molar-refractivity contribution in [2.24, 2.45) is 5.92 Å². The molecule has 1 fully saturated rings. The maximum Gasteiger partial charge on any atom is 0.340 e. The molecule has 8 heteroatoms. The van der Waals surface area contributed by atoms with E-state index in [2.05, 4.69) is 20.3 Å². The van der Waals surface area contributed by atoms with Gasteiger partial charge in [-0.3, -0.25) is 0 Å². The summed E-state index contributed by atoms with van der Waals surface area (Å²) in [5.41, 5.74) is 0.392. The zero-order valence-electron chi connectivity index (χ0n) is 15.4. The van der Waals surface area contributed by atoms with E-state index in [9.17, 15) is 18.4 Å². The molecule has 0 aromatic heterocycles. The second-order valence-corrected chi connectivity index (χ2v) is 6.57. The smallest absolute Gasteiger partial charge is 0.340 e. The molecule has 6 nitrogen and oxygen atoms in total. The Balaban J connectivity index is 1.54. The average Bonchev–Trinajstić information content (AvgIpc) is 3.17. The molecular weight excluding hydrogens is 368 g/mol. The fourth-order valence-corrected chi connectivity index (χ4v) is 3.19. The summed E-state index contributed by atoms with van der Waals surface area (Å²) >= 11 is 0. The number of amides is 2. The number of halogens is 2. The van der Waals surface area contributed by atoms with Crippen LogP contribution in [0.15, 0.2) is 42.5 Å². The molecule has 1 atom stereocenters. The van der Waals surface area contributed by atoms with Gasteiger partial charge < -0.3 is 20.3 Å². The Morgan fingerprint density at radius 2 is 1.93 bits per heavy atom. The van der Waals surface area contributed by atoms with Gasteiger partial charge in [0.1, 0.15) is 11.6 Å². The fraction of sp³-hybridized carbons (Fsp3) is 0.300. The van der Waals surface area contributed by atoms with Crippen molar-refractivity contribution in [1.29, 1.82) is 0 Å². The normalized spacial score (nSPS) is 16.0. The Morgan fingerprint density at radius 1 is 1.18 bits per heavy atom. The topological polar surface area (TPSA) is 70.7 Å².